The highest BCUT2D eigenvalue weighted by Crippen LogP contribution is 2.37. The van der Waals surface area contributed by atoms with E-state index in [1.807, 2.05) is 4.90 Å². The Kier molecular flexibility index (Phi) is 6.67. The van der Waals surface area contributed by atoms with Gasteiger partial charge >= 0.3 is 6.18 Å². The van der Waals surface area contributed by atoms with Crippen molar-refractivity contribution in [1.82, 2.24) is 15.1 Å². The average molecular weight is 337 g/mol. The number of β-amino-alcohol motifs (C(OH)–C–C–N with tert-alkyl or cyclic N) is 1. The maximum atomic E-state index is 12.6. The third-order valence-corrected chi connectivity index (χ3v) is 4.80. The fraction of sp³-hybridized carbons (Fsp3) is 0.933. The lowest BCUT2D eigenvalue weighted by Gasteiger charge is -2.34. The van der Waals surface area contributed by atoms with E-state index in [4.69, 9.17) is 5.11 Å². The smallest absolute Gasteiger partial charge is 0.391 e. The number of rotatable bonds is 5. The Bertz CT molecular complexity index is 377. The number of nitrogens with zero attached hydrogens (tertiary/aromatic N) is 2. The van der Waals surface area contributed by atoms with Crippen LogP contribution in [0.1, 0.15) is 25.7 Å². The summed E-state index contributed by atoms with van der Waals surface area (Å²) >= 11 is 0. The second-order valence-corrected chi connectivity index (χ2v) is 6.50. The lowest BCUT2D eigenvalue weighted by atomic mass is 9.85. The molecule has 1 amide bonds. The fourth-order valence-electron chi connectivity index (χ4n) is 3.35. The van der Waals surface area contributed by atoms with Crippen molar-refractivity contribution in [2.75, 3.05) is 45.9 Å². The minimum atomic E-state index is -4.11. The highest BCUT2D eigenvalue weighted by atomic mass is 19.4. The molecular weight excluding hydrogens is 311 g/mol. The Balaban J connectivity index is 1.64. The number of alkyl halides is 3. The van der Waals surface area contributed by atoms with E-state index < -0.39 is 12.1 Å². The van der Waals surface area contributed by atoms with Gasteiger partial charge in [0, 0.05) is 38.8 Å². The van der Waals surface area contributed by atoms with E-state index in [2.05, 4.69) is 10.2 Å². The summed E-state index contributed by atoms with van der Waals surface area (Å²) in [4.78, 5) is 16.2. The molecule has 2 aliphatic rings. The molecule has 134 valence electrons. The molecule has 0 atom stereocenters. The predicted octanol–water partition coefficient (Wildman–Crippen LogP) is 0.834. The number of aliphatic hydroxyl groups is 1. The maximum absolute atomic E-state index is 12.6. The standard InChI is InChI=1S/C15H26F3N3O2/c16-15(17,18)12-1-3-13(4-2-12)19-14(23)11-21-7-5-20(6-8-21)9-10-22/h12-13,22H,1-11H2,(H,19,23). The van der Waals surface area contributed by atoms with Crippen molar-refractivity contribution in [1.29, 1.82) is 0 Å². The van der Waals surface area contributed by atoms with Crippen molar-refractivity contribution in [2.45, 2.75) is 37.9 Å². The van der Waals surface area contributed by atoms with Crippen LogP contribution in [-0.4, -0.2) is 78.9 Å². The molecule has 1 saturated heterocycles. The van der Waals surface area contributed by atoms with Gasteiger partial charge in [-0.15, -0.1) is 0 Å². The quantitative estimate of drug-likeness (QED) is 0.780. The van der Waals surface area contributed by atoms with Gasteiger partial charge in [0.1, 0.15) is 0 Å². The largest absolute Gasteiger partial charge is 0.395 e. The first-order chi connectivity index (χ1) is 10.9. The molecule has 1 aliphatic heterocycles. The highest BCUT2D eigenvalue weighted by Gasteiger charge is 2.41. The molecule has 1 saturated carbocycles. The molecule has 0 aromatic heterocycles. The van der Waals surface area contributed by atoms with Crippen LogP contribution in [0.5, 0.6) is 0 Å². The molecule has 2 rings (SSSR count). The first-order valence-electron chi connectivity index (χ1n) is 8.30. The van der Waals surface area contributed by atoms with Crippen molar-refractivity contribution in [2.24, 2.45) is 5.92 Å². The molecule has 2 N–H and O–H groups in total. The molecule has 0 unspecified atom stereocenters. The van der Waals surface area contributed by atoms with E-state index in [1.165, 1.54) is 0 Å². The monoisotopic (exact) mass is 337 g/mol. The Morgan fingerprint density at radius 1 is 1.04 bits per heavy atom. The van der Waals surface area contributed by atoms with E-state index in [1.54, 1.807) is 0 Å². The van der Waals surface area contributed by atoms with Crippen LogP contribution in [0.3, 0.4) is 0 Å². The molecule has 0 radical (unpaired) electrons. The van der Waals surface area contributed by atoms with Crippen LogP contribution in [0.4, 0.5) is 13.2 Å². The molecule has 0 spiro atoms. The number of piperazine rings is 1. The third kappa shape index (κ3) is 5.93. The zero-order chi connectivity index (χ0) is 16.9. The van der Waals surface area contributed by atoms with Gasteiger partial charge in [-0.25, -0.2) is 0 Å². The first-order valence-corrected chi connectivity index (χ1v) is 8.30. The maximum Gasteiger partial charge on any atom is 0.391 e. The van der Waals surface area contributed by atoms with Gasteiger partial charge in [0.25, 0.3) is 0 Å². The predicted molar refractivity (Wildman–Crippen MR) is 79.9 cm³/mol. The van der Waals surface area contributed by atoms with Crippen molar-refractivity contribution < 1.29 is 23.1 Å². The summed E-state index contributed by atoms with van der Waals surface area (Å²) in [7, 11) is 0. The molecule has 8 heteroatoms. The number of amides is 1. The van der Waals surface area contributed by atoms with Crippen LogP contribution >= 0.6 is 0 Å². The van der Waals surface area contributed by atoms with Gasteiger partial charge in [-0.1, -0.05) is 0 Å². The van der Waals surface area contributed by atoms with Crippen LogP contribution in [0.2, 0.25) is 0 Å². The number of carbonyl (C=O) groups is 1. The van der Waals surface area contributed by atoms with E-state index in [-0.39, 0.29) is 31.4 Å². The number of halogens is 3. The zero-order valence-corrected chi connectivity index (χ0v) is 13.3. The number of nitrogens with one attached hydrogen (secondary N) is 1. The molecule has 1 heterocycles. The summed E-state index contributed by atoms with van der Waals surface area (Å²) < 4.78 is 37.8. The molecule has 0 bridgehead atoms. The van der Waals surface area contributed by atoms with E-state index in [0.717, 1.165) is 26.2 Å². The first kappa shape index (κ1) is 18.5. The van der Waals surface area contributed by atoms with E-state index >= 15 is 0 Å². The van der Waals surface area contributed by atoms with Crippen molar-refractivity contribution >= 4 is 5.91 Å². The number of carbonyl (C=O) groups excluding carboxylic acids is 1. The fourth-order valence-corrected chi connectivity index (χ4v) is 3.35. The lowest BCUT2D eigenvalue weighted by molar-refractivity contribution is -0.182. The van der Waals surface area contributed by atoms with Crippen molar-refractivity contribution in [3.05, 3.63) is 0 Å². The molecule has 1 aliphatic carbocycles. The Labute approximate surface area is 134 Å². The highest BCUT2D eigenvalue weighted by molar-refractivity contribution is 5.78. The molecule has 0 aromatic carbocycles. The normalized spacial score (nSPS) is 27.8. The van der Waals surface area contributed by atoms with Gasteiger partial charge in [0.2, 0.25) is 5.91 Å². The molecule has 5 nitrogen and oxygen atoms in total. The van der Waals surface area contributed by atoms with E-state index in [9.17, 15) is 18.0 Å². The molecular formula is C15H26F3N3O2. The minimum Gasteiger partial charge on any atom is -0.395 e. The summed E-state index contributed by atoms with van der Waals surface area (Å²) in [5.74, 6) is -1.31. The second-order valence-electron chi connectivity index (χ2n) is 6.50. The van der Waals surface area contributed by atoms with Crippen molar-refractivity contribution in [3.8, 4) is 0 Å². The Morgan fingerprint density at radius 3 is 2.13 bits per heavy atom. The Hall–Kier alpha value is -0.860. The van der Waals surface area contributed by atoms with Crippen LogP contribution in [0.15, 0.2) is 0 Å². The number of hydrogen-bond acceptors (Lipinski definition) is 4. The van der Waals surface area contributed by atoms with Gasteiger partial charge in [0.15, 0.2) is 0 Å². The van der Waals surface area contributed by atoms with Gasteiger partial charge in [-0.05, 0) is 25.7 Å². The van der Waals surface area contributed by atoms with Crippen LogP contribution in [-0.2, 0) is 4.79 Å². The average Bonchev–Trinajstić information content (AvgIpc) is 2.49. The molecule has 23 heavy (non-hydrogen) atoms. The van der Waals surface area contributed by atoms with E-state index in [0.29, 0.717) is 25.9 Å². The SMILES string of the molecule is O=C(CN1CCN(CCO)CC1)NC1CCC(C(F)(F)F)CC1. The summed E-state index contributed by atoms with van der Waals surface area (Å²) in [5, 5.41) is 11.8. The van der Waals surface area contributed by atoms with Crippen LogP contribution in [0.25, 0.3) is 0 Å². The Morgan fingerprint density at radius 2 is 1.61 bits per heavy atom. The number of hydrogen-bond donors (Lipinski definition) is 2. The number of aliphatic hydroxyl groups excluding tert-OH is 1. The van der Waals surface area contributed by atoms with Gasteiger partial charge in [0.05, 0.1) is 19.1 Å². The summed E-state index contributed by atoms with van der Waals surface area (Å²) in [6.45, 7) is 4.28. The topological polar surface area (TPSA) is 55.8 Å². The van der Waals surface area contributed by atoms with Gasteiger partial charge in [-0.3, -0.25) is 14.6 Å². The second kappa shape index (κ2) is 8.30. The van der Waals surface area contributed by atoms with Gasteiger partial charge in [-0.2, -0.15) is 13.2 Å². The van der Waals surface area contributed by atoms with Crippen LogP contribution < -0.4 is 5.32 Å². The minimum absolute atomic E-state index is 0.101. The molecule has 0 aromatic rings. The summed E-state index contributed by atoms with van der Waals surface area (Å²) in [5.41, 5.74) is 0. The summed E-state index contributed by atoms with van der Waals surface area (Å²) in [6.07, 6.45) is -3.09. The van der Waals surface area contributed by atoms with Crippen LogP contribution in [0, 0.1) is 5.92 Å². The van der Waals surface area contributed by atoms with Crippen molar-refractivity contribution in [3.63, 3.8) is 0 Å². The third-order valence-electron chi connectivity index (χ3n) is 4.80. The van der Waals surface area contributed by atoms with Gasteiger partial charge < -0.3 is 10.4 Å². The molecule has 2 fully saturated rings. The lowest BCUT2D eigenvalue weighted by Crippen LogP contribution is -2.51. The zero-order valence-electron chi connectivity index (χ0n) is 13.3. The summed E-state index contributed by atoms with van der Waals surface area (Å²) in [6, 6.07) is -0.128.